The van der Waals surface area contributed by atoms with Crippen molar-refractivity contribution in [2.24, 2.45) is 11.8 Å². The average molecular weight is 283 g/mol. The van der Waals surface area contributed by atoms with Gasteiger partial charge in [-0.2, -0.15) is 0 Å². The summed E-state index contributed by atoms with van der Waals surface area (Å²) in [5, 5.41) is 0. The third kappa shape index (κ3) is 8.60. The summed E-state index contributed by atoms with van der Waals surface area (Å²) in [6.45, 7) is 12.7. The molecule has 0 saturated carbocycles. The minimum absolute atomic E-state index is 0.259. The fraction of sp³-hybridized carbons (Fsp3) is 0.944. The molecule has 0 aliphatic heterocycles. The Morgan fingerprint density at radius 3 is 1.50 bits per heavy atom. The van der Waals surface area contributed by atoms with Gasteiger partial charge in [-0.05, 0) is 24.7 Å². The lowest BCUT2D eigenvalue weighted by atomic mass is 9.95. The van der Waals surface area contributed by atoms with E-state index in [2.05, 4.69) is 32.6 Å². The molecule has 2 heteroatoms. The maximum atomic E-state index is 11.9. The normalized spacial score (nSPS) is 14.1. The third-order valence-electron chi connectivity index (χ3n) is 4.49. The Hall–Kier alpha value is -0.530. The van der Waals surface area contributed by atoms with Crippen molar-refractivity contribution in [2.45, 2.75) is 86.0 Å². The van der Waals surface area contributed by atoms with Crippen LogP contribution in [0.5, 0.6) is 0 Å². The molecule has 0 rings (SSSR count). The number of carbonyl (C=O) groups is 1. The van der Waals surface area contributed by atoms with Crippen LogP contribution < -0.4 is 0 Å². The quantitative estimate of drug-likeness (QED) is 0.478. The molecule has 1 amide bonds. The van der Waals surface area contributed by atoms with E-state index in [4.69, 9.17) is 0 Å². The second-order valence-corrected chi connectivity index (χ2v) is 6.26. The molecule has 0 spiro atoms. The van der Waals surface area contributed by atoms with Crippen molar-refractivity contribution in [3.05, 3.63) is 0 Å². The second kappa shape index (κ2) is 12.2. The summed E-state index contributed by atoms with van der Waals surface area (Å²) in [7, 11) is 0. The van der Waals surface area contributed by atoms with Gasteiger partial charge in [0.05, 0.1) is 0 Å². The van der Waals surface area contributed by atoms with E-state index >= 15 is 0 Å². The molecular formula is C18H37NO. The van der Waals surface area contributed by atoms with Crippen LogP contribution in [0, 0.1) is 11.8 Å². The molecule has 0 radical (unpaired) electrons. The summed E-state index contributed by atoms with van der Waals surface area (Å²) >= 11 is 0. The topological polar surface area (TPSA) is 20.3 Å². The van der Waals surface area contributed by atoms with E-state index in [1.54, 1.807) is 6.92 Å². The Morgan fingerprint density at radius 2 is 1.25 bits per heavy atom. The van der Waals surface area contributed by atoms with Gasteiger partial charge in [0.2, 0.25) is 5.91 Å². The summed E-state index contributed by atoms with van der Waals surface area (Å²) in [5.41, 5.74) is 0. The fourth-order valence-electron chi connectivity index (χ4n) is 2.79. The zero-order valence-electron chi connectivity index (χ0n) is 14.6. The molecule has 0 heterocycles. The van der Waals surface area contributed by atoms with Gasteiger partial charge in [-0.1, -0.05) is 66.2 Å². The standard InChI is InChI=1S/C18H37NO/c1-6-10-12-17(8-3)14-19(16(5)20)15-18(9-4)13-11-7-2/h17-18H,6-15H2,1-5H3. The van der Waals surface area contributed by atoms with E-state index in [1.165, 1.54) is 51.4 Å². The molecule has 2 nitrogen and oxygen atoms in total. The first-order chi connectivity index (χ1) is 9.58. The van der Waals surface area contributed by atoms with Crippen LogP contribution in [0.15, 0.2) is 0 Å². The number of nitrogens with zero attached hydrogens (tertiary/aromatic N) is 1. The predicted molar refractivity (Wildman–Crippen MR) is 88.9 cm³/mol. The van der Waals surface area contributed by atoms with Gasteiger partial charge >= 0.3 is 0 Å². The van der Waals surface area contributed by atoms with Crippen molar-refractivity contribution in [2.75, 3.05) is 13.1 Å². The van der Waals surface area contributed by atoms with Gasteiger partial charge in [0.25, 0.3) is 0 Å². The number of hydrogen-bond acceptors (Lipinski definition) is 1. The van der Waals surface area contributed by atoms with E-state index in [-0.39, 0.29) is 5.91 Å². The summed E-state index contributed by atoms with van der Waals surface area (Å²) < 4.78 is 0. The minimum Gasteiger partial charge on any atom is -0.342 e. The van der Waals surface area contributed by atoms with Crippen molar-refractivity contribution in [1.82, 2.24) is 4.90 Å². The zero-order valence-corrected chi connectivity index (χ0v) is 14.6. The highest BCUT2D eigenvalue weighted by Crippen LogP contribution is 2.18. The van der Waals surface area contributed by atoms with Gasteiger partial charge in [0.1, 0.15) is 0 Å². The third-order valence-corrected chi connectivity index (χ3v) is 4.49. The van der Waals surface area contributed by atoms with Crippen LogP contribution in [0.25, 0.3) is 0 Å². The van der Waals surface area contributed by atoms with Crippen molar-refractivity contribution >= 4 is 5.91 Å². The summed E-state index contributed by atoms with van der Waals surface area (Å²) in [6.07, 6.45) is 10.0. The second-order valence-electron chi connectivity index (χ2n) is 6.26. The van der Waals surface area contributed by atoms with Crippen LogP contribution in [0.2, 0.25) is 0 Å². The molecule has 0 fully saturated rings. The van der Waals surface area contributed by atoms with Gasteiger partial charge in [0.15, 0.2) is 0 Å². The molecule has 120 valence electrons. The van der Waals surface area contributed by atoms with Crippen LogP contribution in [0.3, 0.4) is 0 Å². The number of amides is 1. The number of hydrogen-bond donors (Lipinski definition) is 0. The molecule has 0 aromatic rings. The van der Waals surface area contributed by atoms with E-state index in [1.807, 2.05) is 0 Å². The first-order valence-corrected chi connectivity index (χ1v) is 8.84. The van der Waals surface area contributed by atoms with Crippen molar-refractivity contribution in [3.63, 3.8) is 0 Å². The van der Waals surface area contributed by atoms with Gasteiger partial charge < -0.3 is 4.90 Å². The smallest absolute Gasteiger partial charge is 0.219 e. The summed E-state index contributed by atoms with van der Waals surface area (Å²) in [5.74, 6) is 1.62. The van der Waals surface area contributed by atoms with Gasteiger partial charge in [0, 0.05) is 20.0 Å². The highest BCUT2D eigenvalue weighted by Gasteiger charge is 2.18. The highest BCUT2D eigenvalue weighted by atomic mass is 16.2. The van der Waals surface area contributed by atoms with Crippen LogP contribution in [-0.4, -0.2) is 23.9 Å². The molecule has 0 aromatic carbocycles. The summed E-state index contributed by atoms with van der Waals surface area (Å²) in [4.78, 5) is 14.0. The fourth-order valence-corrected chi connectivity index (χ4v) is 2.79. The van der Waals surface area contributed by atoms with E-state index in [0.29, 0.717) is 11.8 Å². The molecule has 0 aliphatic rings. The molecule has 2 unspecified atom stereocenters. The SMILES string of the molecule is CCCCC(CC)CN(CC(CC)CCCC)C(C)=O. The number of unbranched alkanes of at least 4 members (excludes halogenated alkanes) is 2. The van der Waals surface area contributed by atoms with E-state index in [9.17, 15) is 4.79 Å². The molecule has 0 saturated heterocycles. The maximum absolute atomic E-state index is 11.9. The van der Waals surface area contributed by atoms with Crippen molar-refractivity contribution in [3.8, 4) is 0 Å². The van der Waals surface area contributed by atoms with Crippen molar-refractivity contribution < 1.29 is 4.79 Å². The monoisotopic (exact) mass is 283 g/mol. The Balaban J connectivity index is 4.41. The molecule has 0 N–H and O–H groups in total. The van der Waals surface area contributed by atoms with E-state index in [0.717, 1.165) is 13.1 Å². The van der Waals surface area contributed by atoms with Gasteiger partial charge in [-0.25, -0.2) is 0 Å². The molecule has 0 bridgehead atoms. The average Bonchev–Trinajstić information content (AvgIpc) is 2.45. The van der Waals surface area contributed by atoms with Gasteiger partial charge in [-0.15, -0.1) is 0 Å². The Kier molecular flexibility index (Phi) is 11.9. The zero-order chi connectivity index (χ0) is 15.4. The number of rotatable bonds is 12. The lowest BCUT2D eigenvalue weighted by Crippen LogP contribution is -2.37. The van der Waals surface area contributed by atoms with Crippen LogP contribution in [0.1, 0.15) is 86.0 Å². The lowest BCUT2D eigenvalue weighted by Gasteiger charge is -2.30. The predicted octanol–water partition coefficient (Wildman–Crippen LogP) is 5.27. The van der Waals surface area contributed by atoms with Crippen LogP contribution in [-0.2, 0) is 4.79 Å². The largest absolute Gasteiger partial charge is 0.342 e. The Labute approximate surface area is 127 Å². The molecule has 0 aromatic heterocycles. The molecule has 20 heavy (non-hydrogen) atoms. The molecular weight excluding hydrogens is 246 g/mol. The van der Waals surface area contributed by atoms with Crippen molar-refractivity contribution in [1.29, 1.82) is 0 Å². The maximum Gasteiger partial charge on any atom is 0.219 e. The number of carbonyl (C=O) groups excluding carboxylic acids is 1. The molecule has 0 aliphatic carbocycles. The highest BCUT2D eigenvalue weighted by molar-refractivity contribution is 5.73. The van der Waals surface area contributed by atoms with E-state index < -0.39 is 0 Å². The first-order valence-electron chi connectivity index (χ1n) is 8.84. The summed E-state index contributed by atoms with van der Waals surface area (Å²) in [6, 6.07) is 0. The molecule has 2 atom stereocenters. The van der Waals surface area contributed by atoms with Crippen LogP contribution in [0.4, 0.5) is 0 Å². The Bertz CT molecular complexity index is 222. The lowest BCUT2D eigenvalue weighted by molar-refractivity contribution is -0.130. The van der Waals surface area contributed by atoms with Gasteiger partial charge in [-0.3, -0.25) is 4.79 Å². The minimum atomic E-state index is 0.259. The van der Waals surface area contributed by atoms with Crippen LogP contribution >= 0.6 is 0 Å². The first kappa shape index (κ1) is 19.5. The Morgan fingerprint density at radius 1 is 0.850 bits per heavy atom.